The van der Waals surface area contributed by atoms with Crippen molar-refractivity contribution in [1.82, 2.24) is 10.2 Å². The molecule has 1 saturated heterocycles. The highest BCUT2D eigenvalue weighted by molar-refractivity contribution is 8.00. The van der Waals surface area contributed by atoms with Gasteiger partial charge in [-0.15, -0.1) is 11.8 Å². The van der Waals surface area contributed by atoms with Crippen LogP contribution in [0.3, 0.4) is 0 Å². The fourth-order valence-corrected chi connectivity index (χ4v) is 5.13. The molecule has 0 spiro atoms. The minimum Gasteiger partial charge on any atom is -0.497 e. The summed E-state index contributed by atoms with van der Waals surface area (Å²) in [6.07, 6.45) is 0.151. The standard InChI is InChI=1S/C24H24N2O7S/c1-31-18-9-7-16(8-10-18)12-32-24(29)21-17(13-33-30)14-34-23-20(22(28)26(21)23)25-19(27)11-15-5-3-2-4-6-15/h2-10,20,23,30H,11-14H2,1H3,(H,25,27). The Kier molecular flexibility index (Phi) is 7.51. The number of nitrogens with one attached hydrogen (secondary N) is 1. The molecule has 0 aliphatic carbocycles. The number of amides is 2. The van der Waals surface area contributed by atoms with Crippen LogP contribution in [0.25, 0.3) is 0 Å². The molecular formula is C24H24N2O7S. The molecule has 4 rings (SSSR count). The second kappa shape index (κ2) is 10.7. The molecule has 178 valence electrons. The van der Waals surface area contributed by atoms with Crippen molar-refractivity contribution in [2.75, 3.05) is 19.5 Å². The zero-order valence-electron chi connectivity index (χ0n) is 18.4. The van der Waals surface area contributed by atoms with Crippen LogP contribution in [0.15, 0.2) is 65.9 Å². The quantitative estimate of drug-likeness (QED) is 0.241. The number of ether oxygens (including phenoxy) is 2. The monoisotopic (exact) mass is 484 g/mol. The molecule has 2 heterocycles. The van der Waals surface area contributed by atoms with Crippen molar-refractivity contribution in [2.45, 2.75) is 24.4 Å². The zero-order valence-corrected chi connectivity index (χ0v) is 19.2. The van der Waals surface area contributed by atoms with Gasteiger partial charge in [-0.05, 0) is 28.8 Å². The maximum absolute atomic E-state index is 13.0. The molecule has 2 atom stereocenters. The van der Waals surface area contributed by atoms with E-state index in [1.807, 2.05) is 30.3 Å². The molecule has 1 fully saturated rings. The summed E-state index contributed by atoms with van der Waals surface area (Å²) in [5.74, 6) is -0.366. The molecule has 9 nitrogen and oxygen atoms in total. The normalized spacial score (nSPS) is 19.2. The van der Waals surface area contributed by atoms with Gasteiger partial charge in [0.15, 0.2) is 0 Å². The van der Waals surface area contributed by atoms with Crippen LogP contribution < -0.4 is 10.1 Å². The summed E-state index contributed by atoms with van der Waals surface area (Å²) < 4.78 is 10.6. The van der Waals surface area contributed by atoms with Crippen molar-refractivity contribution in [1.29, 1.82) is 0 Å². The van der Waals surface area contributed by atoms with Gasteiger partial charge in [-0.1, -0.05) is 42.5 Å². The Bertz CT molecular complexity index is 1090. The van der Waals surface area contributed by atoms with E-state index >= 15 is 0 Å². The predicted octanol–water partition coefficient (Wildman–Crippen LogP) is 2.12. The third kappa shape index (κ3) is 5.09. The summed E-state index contributed by atoms with van der Waals surface area (Å²) in [5, 5.41) is 11.3. The summed E-state index contributed by atoms with van der Waals surface area (Å²) in [6, 6.07) is 15.5. The van der Waals surface area contributed by atoms with E-state index in [1.165, 1.54) is 16.7 Å². The van der Waals surface area contributed by atoms with Gasteiger partial charge in [0.05, 0.1) is 13.5 Å². The van der Waals surface area contributed by atoms with E-state index in [9.17, 15) is 14.4 Å². The van der Waals surface area contributed by atoms with E-state index in [-0.39, 0.29) is 31.2 Å². The Morgan fingerprint density at radius 2 is 1.82 bits per heavy atom. The molecule has 0 aromatic heterocycles. The van der Waals surface area contributed by atoms with Crippen molar-refractivity contribution < 1.29 is 34.0 Å². The summed E-state index contributed by atoms with van der Waals surface area (Å²) in [4.78, 5) is 43.9. The number of esters is 1. The minimum absolute atomic E-state index is 0.00330. The third-order valence-corrected chi connectivity index (χ3v) is 6.87. The van der Waals surface area contributed by atoms with Gasteiger partial charge in [-0.2, -0.15) is 0 Å². The van der Waals surface area contributed by atoms with Crippen LogP contribution in [0.4, 0.5) is 0 Å². The fourth-order valence-electron chi connectivity index (χ4n) is 3.81. The summed E-state index contributed by atoms with van der Waals surface area (Å²) >= 11 is 1.38. The Labute approximate surface area is 200 Å². The number of nitrogens with zero attached hydrogens (tertiary/aromatic N) is 1. The van der Waals surface area contributed by atoms with E-state index in [1.54, 1.807) is 31.4 Å². The Morgan fingerprint density at radius 1 is 1.09 bits per heavy atom. The highest BCUT2D eigenvalue weighted by atomic mass is 32.2. The lowest BCUT2D eigenvalue weighted by Crippen LogP contribution is -2.70. The van der Waals surface area contributed by atoms with Crippen molar-refractivity contribution in [3.05, 3.63) is 77.0 Å². The van der Waals surface area contributed by atoms with Crippen LogP contribution >= 0.6 is 11.8 Å². The number of fused-ring (bicyclic) bond motifs is 1. The van der Waals surface area contributed by atoms with Crippen molar-refractivity contribution in [2.24, 2.45) is 0 Å². The molecule has 0 radical (unpaired) electrons. The highest BCUT2D eigenvalue weighted by Gasteiger charge is 2.54. The fraction of sp³-hybridized carbons (Fsp3) is 0.292. The number of hydrogen-bond acceptors (Lipinski definition) is 8. The molecule has 34 heavy (non-hydrogen) atoms. The average molecular weight is 485 g/mol. The van der Waals surface area contributed by atoms with Gasteiger partial charge in [0.25, 0.3) is 5.91 Å². The van der Waals surface area contributed by atoms with Crippen LogP contribution in [0.2, 0.25) is 0 Å². The van der Waals surface area contributed by atoms with E-state index in [4.69, 9.17) is 14.7 Å². The first-order chi connectivity index (χ1) is 16.5. The number of benzene rings is 2. The number of hydrogen-bond donors (Lipinski definition) is 2. The largest absolute Gasteiger partial charge is 0.497 e. The first kappa shape index (κ1) is 23.8. The minimum atomic E-state index is -0.748. The smallest absolute Gasteiger partial charge is 0.355 e. The molecular weight excluding hydrogens is 460 g/mol. The van der Waals surface area contributed by atoms with E-state index in [2.05, 4.69) is 10.2 Å². The summed E-state index contributed by atoms with van der Waals surface area (Å²) in [7, 11) is 1.56. The van der Waals surface area contributed by atoms with Gasteiger partial charge in [0.2, 0.25) is 5.91 Å². The Hall–Kier alpha value is -3.34. The maximum Gasteiger partial charge on any atom is 0.355 e. The zero-order chi connectivity index (χ0) is 24.1. The third-order valence-electron chi connectivity index (χ3n) is 5.53. The van der Waals surface area contributed by atoms with Gasteiger partial charge in [-0.3, -0.25) is 19.7 Å². The highest BCUT2D eigenvalue weighted by Crippen LogP contribution is 2.40. The number of thioether (sulfide) groups is 1. The molecule has 0 saturated carbocycles. The number of rotatable bonds is 9. The molecule has 2 aromatic carbocycles. The molecule has 0 bridgehead atoms. The molecule has 2 aliphatic rings. The number of methoxy groups -OCH3 is 1. The van der Waals surface area contributed by atoms with Crippen LogP contribution in [0, 0.1) is 0 Å². The maximum atomic E-state index is 13.0. The lowest BCUT2D eigenvalue weighted by atomic mass is 10.0. The van der Waals surface area contributed by atoms with Crippen molar-refractivity contribution in [3.63, 3.8) is 0 Å². The SMILES string of the molecule is COc1ccc(COC(=O)C2=C(COO)CSC3C(NC(=O)Cc4ccccc4)C(=O)N23)cc1. The Balaban J connectivity index is 1.43. The molecule has 2 unspecified atom stereocenters. The van der Waals surface area contributed by atoms with Crippen molar-refractivity contribution in [3.8, 4) is 5.75 Å². The van der Waals surface area contributed by atoms with Gasteiger partial charge >= 0.3 is 5.97 Å². The van der Waals surface area contributed by atoms with Gasteiger partial charge in [0, 0.05) is 5.75 Å². The van der Waals surface area contributed by atoms with Crippen LogP contribution in [-0.2, 0) is 37.0 Å². The summed E-state index contributed by atoms with van der Waals surface area (Å²) in [6.45, 7) is -0.238. The van der Waals surface area contributed by atoms with Crippen molar-refractivity contribution >= 4 is 29.5 Å². The van der Waals surface area contributed by atoms with Crippen LogP contribution in [-0.4, -0.2) is 58.8 Å². The molecule has 2 aliphatic heterocycles. The first-order valence-corrected chi connectivity index (χ1v) is 11.6. The van der Waals surface area contributed by atoms with Crippen LogP contribution in [0.5, 0.6) is 5.75 Å². The Morgan fingerprint density at radius 3 is 2.50 bits per heavy atom. The van der Waals surface area contributed by atoms with Gasteiger partial charge < -0.3 is 14.8 Å². The molecule has 2 aromatic rings. The average Bonchev–Trinajstić information content (AvgIpc) is 2.86. The number of β-lactam (4-membered cyclic amide) rings is 1. The van der Waals surface area contributed by atoms with E-state index < -0.39 is 23.3 Å². The number of carbonyl (C=O) groups excluding carboxylic acids is 3. The predicted molar refractivity (Wildman–Crippen MR) is 124 cm³/mol. The summed E-state index contributed by atoms with van der Waals surface area (Å²) in [5.41, 5.74) is 2.07. The molecule has 2 amide bonds. The van der Waals surface area contributed by atoms with E-state index in [0.717, 1.165) is 11.1 Å². The lowest BCUT2D eigenvalue weighted by molar-refractivity contribution is -0.234. The lowest BCUT2D eigenvalue weighted by Gasteiger charge is -2.49. The van der Waals surface area contributed by atoms with Gasteiger partial charge in [0.1, 0.15) is 36.1 Å². The van der Waals surface area contributed by atoms with E-state index in [0.29, 0.717) is 17.1 Å². The molecule has 10 heteroatoms. The van der Waals surface area contributed by atoms with Gasteiger partial charge in [-0.25, -0.2) is 9.68 Å². The topological polar surface area (TPSA) is 114 Å². The van der Waals surface area contributed by atoms with Crippen LogP contribution in [0.1, 0.15) is 11.1 Å². The second-order valence-electron chi connectivity index (χ2n) is 7.77. The second-order valence-corrected chi connectivity index (χ2v) is 8.87. The number of carbonyl (C=O) groups is 3. The molecule has 2 N–H and O–H groups in total. The first-order valence-electron chi connectivity index (χ1n) is 10.6.